The van der Waals surface area contributed by atoms with Crippen LogP contribution in [0, 0.1) is 17.3 Å². The second kappa shape index (κ2) is 6.26. The molecule has 1 nitrogen and oxygen atoms in total. The monoisotopic (exact) mass is 255 g/mol. The summed E-state index contributed by atoms with van der Waals surface area (Å²) in [5.74, 6) is 6.95. The average molecular weight is 255 g/mol. The molecule has 0 bridgehead atoms. The third kappa shape index (κ3) is 4.40. The van der Waals surface area contributed by atoms with E-state index >= 15 is 0 Å². The Kier molecular flexibility index (Phi) is 4.66. The summed E-state index contributed by atoms with van der Waals surface area (Å²) in [7, 11) is 0. The molecule has 19 heavy (non-hydrogen) atoms. The van der Waals surface area contributed by atoms with E-state index in [4.69, 9.17) is 0 Å². The number of hydrogen-bond donors (Lipinski definition) is 0. The van der Waals surface area contributed by atoms with Gasteiger partial charge in [-0.25, -0.2) is 0 Å². The van der Waals surface area contributed by atoms with Crippen molar-refractivity contribution in [1.82, 2.24) is 4.90 Å². The van der Waals surface area contributed by atoms with Gasteiger partial charge in [-0.2, -0.15) is 0 Å². The number of piperidine rings is 1. The molecule has 102 valence electrons. The number of likely N-dealkylation sites (tertiary alicyclic amines) is 1. The zero-order chi connectivity index (χ0) is 13.7. The molecule has 1 aliphatic rings. The lowest BCUT2D eigenvalue weighted by Gasteiger charge is -2.32. The summed E-state index contributed by atoms with van der Waals surface area (Å²) < 4.78 is 0. The molecule has 1 fully saturated rings. The highest BCUT2D eigenvalue weighted by Crippen LogP contribution is 2.24. The highest BCUT2D eigenvalue weighted by Gasteiger charge is 2.20. The van der Waals surface area contributed by atoms with Crippen LogP contribution in [-0.4, -0.2) is 18.0 Å². The molecule has 1 aliphatic heterocycles. The predicted octanol–water partition coefficient (Wildman–Crippen LogP) is 4.26. The Bertz CT molecular complexity index is 438. The number of nitrogens with zero attached hydrogens (tertiary/aromatic N) is 1. The quantitative estimate of drug-likeness (QED) is 0.714. The molecule has 0 radical (unpaired) electrons. The lowest BCUT2D eigenvalue weighted by molar-refractivity contribution is 0.197. The van der Waals surface area contributed by atoms with Crippen LogP contribution in [0.1, 0.15) is 51.6 Å². The Morgan fingerprint density at radius 2 is 1.63 bits per heavy atom. The molecular formula is C18H25N. The van der Waals surface area contributed by atoms with Gasteiger partial charge in [-0.3, -0.25) is 4.90 Å². The molecule has 1 saturated heterocycles. The van der Waals surface area contributed by atoms with Crippen molar-refractivity contribution in [2.45, 2.75) is 46.1 Å². The van der Waals surface area contributed by atoms with Crippen LogP contribution >= 0.6 is 0 Å². The zero-order valence-electron chi connectivity index (χ0n) is 12.4. The predicted molar refractivity (Wildman–Crippen MR) is 81.8 cm³/mol. The highest BCUT2D eigenvalue weighted by molar-refractivity contribution is 5.28. The van der Waals surface area contributed by atoms with Crippen LogP contribution in [-0.2, 0) is 0 Å². The second-order valence-electron chi connectivity index (χ2n) is 6.43. The molecule has 0 saturated carbocycles. The van der Waals surface area contributed by atoms with Gasteiger partial charge in [0, 0.05) is 5.41 Å². The average Bonchev–Trinajstić information content (AvgIpc) is 2.40. The van der Waals surface area contributed by atoms with E-state index in [1.807, 2.05) is 0 Å². The summed E-state index contributed by atoms with van der Waals surface area (Å²) in [5, 5.41) is 0. The van der Waals surface area contributed by atoms with Crippen LogP contribution in [0.3, 0.4) is 0 Å². The fraction of sp³-hybridized carbons (Fsp3) is 0.556. The maximum atomic E-state index is 3.52. The van der Waals surface area contributed by atoms with Crippen LogP contribution in [0.5, 0.6) is 0 Å². The van der Waals surface area contributed by atoms with E-state index in [1.54, 1.807) is 0 Å². The topological polar surface area (TPSA) is 3.24 Å². The van der Waals surface area contributed by atoms with E-state index in [0.717, 1.165) is 0 Å². The van der Waals surface area contributed by atoms with Gasteiger partial charge in [0.25, 0.3) is 0 Å². The van der Waals surface area contributed by atoms with E-state index in [2.05, 4.69) is 67.8 Å². The lowest BCUT2D eigenvalue weighted by atomic mass is 9.95. The fourth-order valence-corrected chi connectivity index (χ4v) is 2.48. The molecule has 0 aliphatic carbocycles. The molecule has 2 rings (SSSR count). The molecule has 1 heteroatoms. The van der Waals surface area contributed by atoms with Crippen molar-refractivity contribution in [1.29, 1.82) is 0 Å². The Hall–Kier alpha value is -1.26. The number of benzene rings is 1. The van der Waals surface area contributed by atoms with Crippen molar-refractivity contribution in [3.8, 4) is 11.8 Å². The van der Waals surface area contributed by atoms with Gasteiger partial charge in [-0.05, 0) is 52.3 Å². The Morgan fingerprint density at radius 3 is 2.21 bits per heavy atom. The van der Waals surface area contributed by atoms with Crippen molar-refractivity contribution < 1.29 is 0 Å². The summed E-state index contributed by atoms with van der Waals surface area (Å²) in [6.07, 6.45) is 3.98. The van der Waals surface area contributed by atoms with Gasteiger partial charge in [-0.1, -0.05) is 48.6 Å². The standard InChI is InChI=1S/C18H25N/c1-18(2,3)13-12-17(16-10-6-4-7-11-16)19-14-8-5-9-15-19/h4,6-7,10-11,17H,5,8-9,14-15H2,1-3H3. The summed E-state index contributed by atoms with van der Waals surface area (Å²) in [6, 6.07) is 11.0. The van der Waals surface area contributed by atoms with Crippen LogP contribution < -0.4 is 0 Å². The molecular weight excluding hydrogens is 230 g/mol. The highest BCUT2D eigenvalue weighted by atomic mass is 15.2. The molecule has 1 aromatic carbocycles. The Morgan fingerprint density at radius 1 is 1.00 bits per heavy atom. The maximum absolute atomic E-state index is 3.52. The van der Waals surface area contributed by atoms with E-state index in [0.29, 0.717) is 0 Å². The third-order valence-electron chi connectivity index (χ3n) is 3.46. The summed E-state index contributed by atoms with van der Waals surface area (Å²) in [4.78, 5) is 2.54. The fourth-order valence-electron chi connectivity index (χ4n) is 2.48. The number of hydrogen-bond acceptors (Lipinski definition) is 1. The van der Waals surface area contributed by atoms with Gasteiger partial charge in [-0.15, -0.1) is 0 Å². The van der Waals surface area contributed by atoms with Gasteiger partial charge >= 0.3 is 0 Å². The molecule has 1 unspecified atom stereocenters. The van der Waals surface area contributed by atoms with Gasteiger partial charge in [0.15, 0.2) is 0 Å². The van der Waals surface area contributed by atoms with Gasteiger partial charge in [0.1, 0.15) is 0 Å². The molecule has 0 spiro atoms. The first kappa shape index (κ1) is 14.2. The Labute approximate surface area is 118 Å². The first-order valence-corrected chi connectivity index (χ1v) is 7.38. The summed E-state index contributed by atoms with van der Waals surface area (Å²) >= 11 is 0. The van der Waals surface area contributed by atoms with Crippen molar-refractivity contribution in [2.75, 3.05) is 13.1 Å². The molecule has 1 aromatic rings. The smallest absolute Gasteiger partial charge is 0.0971 e. The Balaban J connectivity index is 2.24. The van der Waals surface area contributed by atoms with Crippen LogP contribution in [0.4, 0.5) is 0 Å². The van der Waals surface area contributed by atoms with E-state index in [1.165, 1.54) is 37.9 Å². The second-order valence-corrected chi connectivity index (χ2v) is 6.43. The van der Waals surface area contributed by atoms with E-state index in [9.17, 15) is 0 Å². The minimum Gasteiger partial charge on any atom is -0.286 e. The van der Waals surface area contributed by atoms with Gasteiger partial charge in [0.05, 0.1) is 6.04 Å². The maximum Gasteiger partial charge on any atom is 0.0971 e. The first-order valence-electron chi connectivity index (χ1n) is 7.38. The van der Waals surface area contributed by atoms with Crippen LogP contribution in [0.2, 0.25) is 0 Å². The van der Waals surface area contributed by atoms with Crippen molar-refractivity contribution >= 4 is 0 Å². The largest absolute Gasteiger partial charge is 0.286 e. The zero-order valence-corrected chi connectivity index (χ0v) is 12.4. The summed E-state index contributed by atoms with van der Waals surface area (Å²) in [6.45, 7) is 8.89. The number of rotatable bonds is 2. The normalized spacial score (nSPS) is 18.5. The third-order valence-corrected chi connectivity index (χ3v) is 3.46. The lowest BCUT2D eigenvalue weighted by Crippen LogP contribution is -2.33. The minimum atomic E-state index is 0.0722. The van der Waals surface area contributed by atoms with Gasteiger partial charge in [0.2, 0.25) is 0 Å². The minimum absolute atomic E-state index is 0.0722. The molecule has 1 atom stereocenters. The van der Waals surface area contributed by atoms with E-state index in [-0.39, 0.29) is 11.5 Å². The van der Waals surface area contributed by atoms with Crippen molar-refractivity contribution in [3.05, 3.63) is 35.9 Å². The first-order chi connectivity index (χ1) is 9.06. The van der Waals surface area contributed by atoms with Crippen LogP contribution in [0.15, 0.2) is 30.3 Å². The van der Waals surface area contributed by atoms with Crippen molar-refractivity contribution in [2.24, 2.45) is 5.41 Å². The summed E-state index contributed by atoms with van der Waals surface area (Å²) in [5.41, 5.74) is 1.41. The molecule has 0 aromatic heterocycles. The van der Waals surface area contributed by atoms with Crippen LogP contribution in [0.25, 0.3) is 0 Å². The van der Waals surface area contributed by atoms with E-state index < -0.39 is 0 Å². The van der Waals surface area contributed by atoms with Crippen molar-refractivity contribution in [3.63, 3.8) is 0 Å². The SMILES string of the molecule is CC(C)(C)C#CC(c1ccccc1)N1CCCCC1. The van der Waals surface area contributed by atoms with Gasteiger partial charge < -0.3 is 0 Å². The molecule has 0 amide bonds. The molecule has 1 heterocycles. The molecule has 0 N–H and O–H groups in total.